The quantitative estimate of drug-likeness (QED) is 0.554. The molecular formula is C17H16N8O. The van der Waals surface area contributed by atoms with E-state index in [0.717, 1.165) is 43.1 Å². The van der Waals surface area contributed by atoms with Crippen LogP contribution in [-0.4, -0.2) is 48.0 Å². The normalized spacial score (nSPS) is 15.6. The van der Waals surface area contributed by atoms with Crippen molar-refractivity contribution in [3.63, 3.8) is 0 Å². The summed E-state index contributed by atoms with van der Waals surface area (Å²) in [5.74, 6) is 2.42. The van der Waals surface area contributed by atoms with Gasteiger partial charge in [-0.05, 0) is 37.1 Å². The predicted octanol–water partition coefficient (Wildman–Crippen LogP) is 1.95. The summed E-state index contributed by atoms with van der Waals surface area (Å²) >= 11 is 0. The van der Waals surface area contributed by atoms with Crippen LogP contribution in [0.15, 0.2) is 47.4 Å². The Bertz CT molecular complexity index is 1020. The van der Waals surface area contributed by atoms with Crippen LogP contribution in [0.25, 0.3) is 17.2 Å². The lowest BCUT2D eigenvalue weighted by Crippen LogP contribution is -2.33. The standard InChI is InChI=1S/C17H16N8O/c1-2-8-18-13(3-1)16-20-17(26-23-16)12-6-9-24(10-7-12)15-5-4-14-21-19-11-25(14)22-15/h1-5,8,11-12H,6-7,9-10H2. The van der Waals surface area contributed by atoms with E-state index in [1.807, 2.05) is 30.3 Å². The molecule has 0 atom stereocenters. The Hall–Kier alpha value is -3.36. The Labute approximate surface area is 148 Å². The van der Waals surface area contributed by atoms with Gasteiger partial charge < -0.3 is 9.42 Å². The molecular weight excluding hydrogens is 332 g/mol. The number of anilines is 1. The summed E-state index contributed by atoms with van der Waals surface area (Å²) in [6.45, 7) is 1.76. The van der Waals surface area contributed by atoms with E-state index < -0.39 is 0 Å². The molecule has 5 rings (SSSR count). The SMILES string of the molecule is c1ccc(-c2noc(C3CCN(c4ccc5nncn5n4)CC3)n2)nc1. The Morgan fingerprint density at radius 1 is 1.08 bits per heavy atom. The maximum Gasteiger partial charge on any atom is 0.230 e. The number of aromatic nitrogens is 7. The largest absolute Gasteiger partial charge is 0.355 e. The van der Waals surface area contributed by atoms with Gasteiger partial charge in [0.25, 0.3) is 0 Å². The molecule has 9 nitrogen and oxygen atoms in total. The van der Waals surface area contributed by atoms with Gasteiger partial charge in [0.1, 0.15) is 17.8 Å². The first-order valence-electron chi connectivity index (χ1n) is 8.54. The number of nitrogens with zero attached hydrogens (tertiary/aromatic N) is 8. The average molecular weight is 348 g/mol. The van der Waals surface area contributed by atoms with Crippen molar-refractivity contribution < 1.29 is 4.52 Å². The van der Waals surface area contributed by atoms with Crippen LogP contribution in [0, 0.1) is 0 Å². The van der Waals surface area contributed by atoms with E-state index in [1.165, 1.54) is 0 Å². The molecule has 0 aliphatic carbocycles. The zero-order valence-corrected chi connectivity index (χ0v) is 13.9. The monoisotopic (exact) mass is 348 g/mol. The first-order valence-corrected chi connectivity index (χ1v) is 8.54. The van der Waals surface area contributed by atoms with Crippen LogP contribution in [0.3, 0.4) is 0 Å². The van der Waals surface area contributed by atoms with Crippen molar-refractivity contribution in [2.24, 2.45) is 0 Å². The number of piperidine rings is 1. The molecule has 1 fully saturated rings. The zero-order valence-electron chi connectivity index (χ0n) is 13.9. The molecule has 1 saturated heterocycles. The second-order valence-electron chi connectivity index (χ2n) is 6.26. The molecule has 0 aromatic carbocycles. The Morgan fingerprint density at radius 3 is 2.85 bits per heavy atom. The third-order valence-corrected chi connectivity index (χ3v) is 4.65. The smallest absolute Gasteiger partial charge is 0.230 e. The highest BCUT2D eigenvalue weighted by atomic mass is 16.5. The Kier molecular flexibility index (Phi) is 3.55. The van der Waals surface area contributed by atoms with E-state index >= 15 is 0 Å². The molecule has 0 spiro atoms. The minimum Gasteiger partial charge on any atom is -0.355 e. The molecule has 0 unspecified atom stereocenters. The summed E-state index contributed by atoms with van der Waals surface area (Å²) in [6, 6.07) is 9.57. The van der Waals surface area contributed by atoms with Gasteiger partial charge in [-0.15, -0.1) is 15.3 Å². The fraction of sp³-hybridized carbons (Fsp3) is 0.294. The highest BCUT2D eigenvalue weighted by molar-refractivity contribution is 5.47. The van der Waals surface area contributed by atoms with Crippen LogP contribution in [0.2, 0.25) is 0 Å². The molecule has 1 aliphatic rings. The molecule has 0 radical (unpaired) electrons. The molecule has 1 aliphatic heterocycles. The summed E-state index contributed by atoms with van der Waals surface area (Å²) in [5, 5.41) is 16.5. The van der Waals surface area contributed by atoms with Gasteiger partial charge in [-0.25, -0.2) is 0 Å². The highest BCUT2D eigenvalue weighted by Crippen LogP contribution is 2.29. The first kappa shape index (κ1) is 14.9. The van der Waals surface area contributed by atoms with Gasteiger partial charge in [0.2, 0.25) is 11.7 Å². The van der Waals surface area contributed by atoms with E-state index in [4.69, 9.17) is 4.52 Å². The minimum absolute atomic E-state index is 0.259. The molecule has 26 heavy (non-hydrogen) atoms. The molecule has 4 aromatic rings. The van der Waals surface area contributed by atoms with Crippen LogP contribution in [-0.2, 0) is 0 Å². The highest BCUT2D eigenvalue weighted by Gasteiger charge is 2.26. The number of rotatable bonds is 3. The van der Waals surface area contributed by atoms with Crippen molar-refractivity contribution in [1.82, 2.24) is 34.9 Å². The average Bonchev–Trinajstić information content (AvgIpc) is 3.38. The summed E-state index contributed by atoms with van der Waals surface area (Å²) < 4.78 is 7.18. The van der Waals surface area contributed by atoms with Crippen LogP contribution >= 0.6 is 0 Å². The van der Waals surface area contributed by atoms with Crippen LogP contribution in [0.4, 0.5) is 5.82 Å². The number of hydrogen-bond acceptors (Lipinski definition) is 8. The third kappa shape index (κ3) is 2.67. The van der Waals surface area contributed by atoms with Crippen molar-refractivity contribution in [1.29, 1.82) is 0 Å². The van der Waals surface area contributed by atoms with E-state index in [0.29, 0.717) is 11.7 Å². The van der Waals surface area contributed by atoms with Crippen molar-refractivity contribution in [3.05, 3.63) is 48.7 Å². The van der Waals surface area contributed by atoms with Gasteiger partial charge in [-0.2, -0.15) is 9.50 Å². The first-order chi connectivity index (χ1) is 12.9. The summed E-state index contributed by atoms with van der Waals surface area (Å²) in [7, 11) is 0. The molecule has 0 amide bonds. The molecule has 5 heterocycles. The summed E-state index contributed by atoms with van der Waals surface area (Å²) in [4.78, 5) is 11.1. The zero-order chi connectivity index (χ0) is 17.3. The molecule has 0 bridgehead atoms. The molecule has 4 aromatic heterocycles. The topological polar surface area (TPSA) is 98.1 Å². The molecule has 130 valence electrons. The van der Waals surface area contributed by atoms with Gasteiger partial charge >= 0.3 is 0 Å². The molecule has 0 N–H and O–H groups in total. The van der Waals surface area contributed by atoms with Gasteiger partial charge in [-0.1, -0.05) is 11.2 Å². The maximum atomic E-state index is 5.49. The predicted molar refractivity (Wildman–Crippen MR) is 92.5 cm³/mol. The molecule has 0 saturated carbocycles. The van der Waals surface area contributed by atoms with Gasteiger partial charge in [0.05, 0.1) is 0 Å². The fourth-order valence-electron chi connectivity index (χ4n) is 3.24. The number of hydrogen-bond donors (Lipinski definition) is 0. The lowest BCUT2D eigenvalue weighted by Gasteiger charge is -2.31. The van der Waals surface area contributed by atoms with Gasteiger partial charge in [0.15, 0.2) is 5.65 Å². The third-order valence-electron chi connectivity index (χ3n) is 4.65. The minimum atomic E-state index is 0.259. The second-order valence-corrected chi connectivity index (χ2v) is 6.26. The molecule has 9 heteroatoms. The number of pyridine rings is 1. The Morgan fingerprint density at radius 2 is 2.00 bits per heavy atom. The van der Waals surface area contributed by atoms with E-state index in [2.05, 4.69) is 35.3 Å². The van der Waals surface area contributed by atoms with E-state index in [1.54, 1.807) is 17.0 Å². The maximum absolute atomic E-state index is 5.49. The van der Waals surface area contributed by atoms with E-state index in [9.17, 15) is 0 Å². The lowest BCUT2D eigenvalue weighted by atomic mass is 9.97. The number of fused-ring (bicyclic) bond motifs is 1. The Balaban J connectivity index is 1.29. The van der Waals surface area contributed by atoms with Crippen molar-refractivity contribution in [3.8, 4) is 11.5 Å². The van der Waals surface area contributed by atoms with Gasteiger partial charge in [0, 0.05) is 25.2 Å². The lowest BCUT2D eigenvalue weighted by molar-refractivity contribution is 0.329. The summed E-state index contributed by atoms with van der Waals surface area (Å²) in [6.07, 6.45) is 5.21. The van der Waals surface area contributed by atoms with Crippen LogP contribution in [0.5, 0.6) is 0 Å². The van der Waals surface area contributed by atoms with Crippen molar-refractivity contribution in [2.45, 2.75) is 18.8 Å². The van der Waals surface area contributed by atoms with Crippen molar-refractivity contribution in [2.75, 3.05) is 18.0 Å². The van der Waals surface area contributed by atoms with E-state index in [-0.39, 0.29) is 5.92 Å². The van der Waals surface area contributed by atoms with Crippen LogP contribution < -0.4 is 4.90 Å². The second kappa shape index (κ2) is 6.17. The summed E-state index contributed by atoms with van der Waals surface area (Å²) in [5.41, 5.74) is 1.47. The van der Waals surface area contributed by atoms with Crippen molar-refractivity contribution >= 4 is 11.5 Å². The fourth-order valence-corrected chi connectivity index (χ4v) is 3.24. The van der Waals surface area contributed by atoms with Gasteiger partial charge in [-0.3, -0.25) is 4.98 Å². The van der Waals surface area contributed by atoms with Crippen LogP contribution in [0.1, 0.15) is 24.7 Å².